The zero-order valence-corrected chi connectivity index (χ0v) is 16.5. The van der Waals surface area contributed by atoms with Crippen molar-refractivity contribution in [3.05, 3.63) is 76.6 Å². The van der Waals surface area contributed by atoms with Crippen LogP contribution in [0.5, 0.6) is 5.75 Å². The van der Waals surface area contributed by atoms with E-state index in [9.17, 15) is 22.0 Å². The van der Waals surface area contributed by atoms with E-state index < -0.39 is 35.1 Å². The number of hydrogen-bond donors (Lipinski definition) is 0. The van der Waals surface area contributed by atoms with E-state index in [1.807, 2.05) is 12.1 Å². The molecule has 3 aromatic rings. The average Bonchev–Trinajstić information content (AvgIpc) is 2.69. The van der Waals surface area contributed by atoms with Crippen LogP contribution >= 0.6 is 0 Å². The van der Waals surface area contributed by atoms with Crippen LogP contribution in [0.2, 0.25) is 0 Å². The standard InChI is InChI=1S/C24H18F6O/c1-2-3-13-4-7-16-14(10-13)5-8-17-18(16)12-20(26)22(23(17)27)15-6-9-21(19(25)11-15)31-24(28,29)30/h4,6-7,9-12H,2-3,5,8H2,1H3. The molecular formula is C24H18F6O. The van der Waals surface area contributed by atoms with E-state index in [4.69, 9.17) is 0 Å². The Morgan fingerprint density at radius 3 is 2.32 bits per heavy atom. The SMILES string of the molecule is CCCc1ccc2c(c1)CCc1c-2cc(F)c(-c2ccc(OC(F)(F)F)c(F)c2)c1F. The van der Waals surface area contributed by atoms with Crippen LogP contribution in [0.15, 0.2) is 42.5 Å². The van der Waals surface area contributed by atoms with Crippen LogP contribution < -0.4 is 4.74 Å². The number of halogens is 6. The van der Waals surface area contributed by atoms with Gasteiger partial charge in [0.25, 0.3) is 0 Å². The molecular weight excluding hydrogens is 418 g/mol. The lowest BCUT2D eigenvalue weighted by molar-refractivity contribution is -0.275. The molecule has 162 valence electrons. The summed E-state index contributed by atoms with van der Waals surface area (Å²) < 4.78 is 85.0. The van der Waals surface area contributed by atoms with Crippen LogP contribution in [0.4, 0.5) is 26.3 Å². The molecule has 31 heavy (non-hydrogen) atoms. The summed E-state index contributed by atoms with van der Waals surface area (Å²) in [5.41, 5.74) is 3.02. The number of benzene rings is 3. The Morgan fingerprint density at radius 1 is 0.871 bits per heavy atom. The first-order valence-electron chi connectivity index (χ1n) is 9.86. The number of fused-ring (bicyclic) bond motifs is 3. The Balaban J connectivity index is 1.77. The highest BCUT2D eigenvalue weighted by atomic mass is 19.4. The van der Waals surface area contributed by atoms with Gasteiger partial charge in [0, 0.05) is 0 Å². The van der Waals surface area contributed by atoms with E-state index >= 15 is 4.39 Å². The molecule has 1 aliphatic rings. The number of aryl methyl sites for hydroxylation is 2. The van der Waals surface area contributed by atoms with Crippen LogP contribution in [-0.4, -0.2) is 6.36 Å². The maximum atomic E-state index is 15.3. The molecule has 0 spiro atoms. The average molecular weight is 436 g/mol. The monoisotopic (exact) mass is 436 g/mol. The van der Waals surface area contributed by atoms with Gasteiger partial charge >= 0.3 is 6.36 Å². The zero-order valence-electron chi connectivity index (χ0n) is 16.5. The number of alkyl halides is 3. The van der Waals surface area contributed by atoms with Crippen molar-refractivity contribution in [2.24, 2.45) is 0 Å². The summed E-state index contributed by atoms with van der Waals surface area (Å²) in [5, 5.41) is 0. The Morgan fingerprint density at radius 2 is 1.65 bits per heavy atom. The number of ether oxygens (including phenoxy) is 1. The molecule has 0 radical (unpaired) electrons. The van der Waals surface area contributed by atoms with Crippen molar-refractivity contribution in [3.8, 4) is 28.0 Å². The molecule has 0 amide bonds. The molecule has 0 fully saturated rings. The van der Waals surface area contributed by atoms with Gasteiger partial charge in [0.15, 0.2) is 11.6 Å². The lowest BCUT2D eigenvalue weighted by atomic mass is 9.82. The zero-order chi connectivity index (χ0) is 22.3. The van der Waals surface area contributed by atoms with Gasteiger partial charge in [0.1, 0.15) is 11.6 Å². The van der Waals surface area contributed by atoms with Gasteiger partial charge in [-0.2, -0.15) is 0 Å². The van der Waals surface area contributed by atoms with Crippen molar-refractivity contribution in [2.45, 2.75) is 39.0 Å². The molecule has 7 heteroatoms. The summed E-state index contributed by atoms with van der Waals surface area (Å²) in [4.78, 5) is 0. The van der Waals surface area contributed by atoms with Gasteiger partial charge in [-0.25, -0.2) is 13.2 Å². The highest BCUT2D eigenvalue weighted by Gasteiger charge is 2.33. The van der Waals surface area contributed by atoms with E-state index in [0.717, 1.165) is 30.0 Å². The summed E-state index contributed by atoms with van der Waals surface area (Å²) >= 11 is 0. The van der Waals surface area contributed by atoms with Gasteiger partial charge in [-0.3, -0.25) is 0 Å². The van der Waals surface area contributed by atoms with E-state index in [2.05, 4.69) is 17.7 Å². The topological polar surface area (TPSA) is 9.23 Å². The third kappa shape index (κ3) is 4.13. The molecule has 1 nitrogen and oxygen atoms in total. The van der Waals surface area contributed by atoms with Crippen molar-refractivity contribution in [1.82, 2.24) is 0 Å². The second-order valence-electron chi connectivity index (χ2n) is 7.51. The molecule has 0 saturated heterocycles. The Kier molecular flexibility index (Phi) is 5.45. The third-order valence-electron chi connectivity index (χ3n) is 5.41. The molecule has 0 aromatic heterocycles. The van der Waals surface area contributed by atoms with Gasteiger partial charge in [0.05, 0.1) is 5.56 Å². The summed E-state index contributed by atoms with van der Waals surface area (Å²) in [7, 11) is 0. The fourth-order valence-corrected chi connectivity index (χ4v) is 4.09. The van der Waals surface area contributed by atoms with E-state index in [0.29, 0.717) is 36.1 Å². The molecule has 3 aromatic carbocycles. The summed E-state index contributed by atoms with van der Waals surface area (Å²) in [5.74, 6) is -4.17. The lowest BCUT2D eigenvalue weighted by Gasteiger charge is -2.23. The summed E-state index contributed by atoms with van der Waals surface area (Å²) in [6.07, 6.45) is -2.24. The van der Waals surface area contributed by atoms with E-state index in [1.54, 1.807) is 0 Å². The first-order chi connectivity index (χ1) is 14.7. The maximum absolute atomic E-state index is 15.3. The normalized spacial score (nSPS) is 13.0. The Hall–Kier alpha value is -2.96. The van der Waals surface area contributed by atoms with Gasteiger partial charge < -0.3 is 4.74 Å². The molecule has 0 saturated carbocycles. The van der Waals surface area contributed by atoms with Gasteiger partial charge in [-0.1, -0.05) is 37.6 Å². The fraction of sp³-hybridized carbons (Fsp3) is 0.250. The molecule has 1 aliphatic carbocycles. The van der Waals surface area contributed by atoms with Crippen LogP contribution in [0, 0.1) is 17.5 Å². The first-order valence-corrected chi connectivity index (χ1v) is 9.86. The minimum Gasteiger partial charge on any atom is -0.403 e. The lowest BCUT2D eigenvalue weighted by Crippen LogP contribution is -2.18. The second-order valence-corrected chi connectivity index (χ2v) is 7.51. The molecule has 0 unspecified atom stereocenters. The molecule has 0 aliphatic heterocycles. The quantitative estimate of drug-likeness (QED) is 0.388. The maximum Gasteiger partial charge on any atom is 0.573 e. The fourth-order valence-electron chi connectivity index (χ4n) is 4.09. The Labute approximate surface area is 175 Å². The molecule has 4 rings (SSSR count). The van der Waals surface area contributed by atoms with Gasteiger partial charge in [0.2, 0.25) is 0 Å². The molecule has 0 N–H and O–H groups in total. The molecule has 0 heterocycles. The van der Waals surface area contributed by atoms with Crippen LogP contribution in [0.25, 0.3) is 22.3 Å². The molecule has 0 atom stereocenters. The van der Waals surface area contributed by atoms with Crippen molar-refractivity contribution in [1.29, 1.82) is 0 Å². The van der Waals surface area contributed by atoms with Crippen LogP contribution in [-0.2, 0) is 19.3 Å². The number of hydrogen-bond acceptors (Lipinski definition) is 1. The van der Waals surface area contributed by atoms with Crippen molar-refractivity contribution < 1.29 is 31.1 Å². The predicted octanol–water partition coefficient (Wildman–Crippen LogP) is 7.39. The first kappa shape index (κ1) is 21.3. The number of rotatable bonds is 4. The highest BCUT2D eigenvalue weighted by molar-refractivity contribution is 5.78. The second kappa shape index (κ2) is 7.94. The minimum absolute atomic E-state index is 0.200. The third-order valence-corrected chi connectivity index (χ3v) is 5.41. The smallest absolute Gasteiger partial charge is 0.403 e. The van der Waals surface area contributed by atoms with Crippen molar-refractivity contribution in [2.75, 3.05) is 0 Å². The van der Waals surface area contributed by atoms with E-state index in [-0.39, 0.29) is 5.56 Å². The largest absolute Gasteiger partial charge is 0.573 e. The Bertz CT molecular complexity index is 1150. The van der Waals surface area contributed by atoms with Gasteiger partial charge in [-0.15, -0.1) is 13.2 Å². The van der Waals surface area contributed by atoms with Crippen molar-refractivity contribution in [3.63, 3.8) is 0 Å². The van der Waals surface area contributed by atoms with Crippen LogP contribution in [0.1, 0.15) is 30.0 Å². The highest BCUT2D eigenvalue weighted by Crippen LogP contribution is 2.41. The van der Waals surface area contributed by atoms with Crippen LogP contribution in [0.3, 0.4) is 0 Å². The predicted molar refractivity (Wildman–Crippen MR) is 105 cm³/mol. The van der Waals surface area contributed by atoms with E-state index in [1.165, 1.54) is 11.6 Å². The van der Waals surface area contributed by atoms with Crippen molar-refractivity contribution >= 4 is 0 Å². The summed E-state index contributed by atoms with van der Waals surface area (Å²) in [6, 6.07) is 9.43. The minimum atomic E-state index is -5.07. The summed E-state index contributed by atoms with van der Waals surface area (Å²) in [6.45, 7) is 2.08. The molecule has 0 bridgehead atoms. The van der Waals surface area contributed by atoms with Gasteiger partial charge in [-0.05, 0) is 70.8 Å².